The number of rotatable bonds is 5. The Morgan fingerprint density at radius 1 is 1.83 bits per heavy atom. The number of hydrogen-bond donors (Lipinski definition) is 0. The van der Waals surface area contributed by atoms with Gasteiger partial charge in [0.15, 0.2) is 5.41 Å². The van der Waals surface area contributed by atoms with Gasteiger partial charge in [-0.15, -0.1) is 0 Å². The van der Waals surface area contributed by atoms with Crippen LogP contribution in [-0.2, 0) is 9.47 Å². The first-order chi connectivity index (χ1) is 5.52. The summed E-state index contributed by atoms with van der Waals surface area (Å²) < 4.78 is 35.4. The molecule has 1 aliphatic heterocycles. The smallest absolute Gasteiger partial charge is 0.177 e. The van der Waals surface area contributed by atoms with Crippen molar-refractivity contribution in [3.63, 3.8) is 0 Å². The summed E-state index contributed by atoms with van der Waals surface area (Å²) >= 11 is 0. The fourth-order valence-electron chi connectivity index (χ4n) is 0.626. The van der Waals surface area contributed by atoms with Gasteiger partial charge in [0.05, 0.1) is 19.8 Å². The summed E-state index contributed by atoms with van der Waals surface area (Å²) in [7, 11) is 1.83. The van der Waals surface area contributed by atoms with Crippen LogP contribution in [0.25, 0.3) is 0 Å². The van der Waals surface area contributed by atoms with E-state index in [0.29, 0.717) is 13.2 Å². The van der Waals surface area contributed by atoms with Crippen molar-refractivity contribution in [2.45, 2.75) is 24.6 Å². The molecule has 0 N–H and O–H groups in total. The van der Waals surface area contributed by atoms with Crippen molar-refractivity contribution in [1.29, 1.82) is 0 Å². The van der Waals surface area contributed by atoms with Gasteiger partial charge in [0.25, 0.3) is 0 Å². The van der Waals surface area contributed by atoms with Crippen LogP contribution in [0.2, 0.25) is 0 Å². The monoisotopic (exact) mass is 198 g/mol. The van der Waals surface area contributed by atoms with E-state index in [1.807, 2.05) is 9.24 Å². The van der Waals surface area contributed by atoms with E-state index < -0.39 is 11.6 Å². The zero-order valence-corrected chi connectivity index (χ0v) is 8.08. The average Bonchev–Trinajstić information content (AvgIpc) is 2.70. The second-order valence-corrected chi connectivity index (χ2v) is 3.97. The van der Waals surface area contributed by atoms with Gasteiger partial charge in [0.1, 0.15) is 12.3 Å². The fraction of sp³-hybridized carbons (Fsp3) is 1.00. The highest BCUT2D eigenvalue weighted by Crippen LogP contribution is 2.27. The SMILES string of the molecule is CC(F)C(F)(P)COCC1CO1. The first-order valence-corrected chi connectivity index (χ1v) is 4.41. The van der Waals surface area contributed by atoms with E-state index in [2.05, 4.69) is 0 Å². The lowest BCUT2D eigenvalue weighted by Crippen LogP contribution is -2.31. The van der Waals surface area contributed by atoms with E-state index >= 15 is 0 Å². The van der Waals surface area contributed by atoms with Crippen LogP contribution in [0.5, 0.6) is 0 Å². The second-order valence-electron chi connectivity index (χ2n) is 3.01. The van der Waals surface area contributed by atoms with Gasteiger partial charge in [0.2, 0.25) is 0 Å². The third-order valence-corrected chi connectivity index (χ3v) is 2.32. The lowest BCUT2D eigenvalue weighted by molar-refractivity contribution is 0.0206. The van der Waals surface area contributed by atoms with Crippen molar-refractivity contribution in [1.82, 2.24) is 0 Å². The molecule has 4 unspecified atom stereocenters. The molecule has 0 aliphatic carbocycles. The van der Waals surface area contributed by atoms with Crippen molar-refractivity contribution >= 4 is 9.24 Å². The molecule has 0 spiro atoms. The quantitative estimate of drug-likeness (QED) is 0.490. The molecule has 0 saturated carbocycles. The van der Waals surface area contributed by atoms with Crippen LogP contribution in [-0.4, -0.2) is 37.5 Å². The Morgan fingerprint density at radius 2 is 2.42 bits per heavy atom. The van der Waals surface area contributed by atoms with Gasteiger partial charge in [-0.3, -0.25) is 0 Å². The van der Waals surface area contributed by atoms with Gasteiger partial charge in [-0.2, -0.15) is 0 Å². The minimum atomic E-state index is -1.96. The maximum absolute atomic E-state index is 13.1. The molecule has 0 aromatic carbocycles. The number of halogens is 2. The summed E-state index contributed by atoms with van der Waals surface area (Å²) in [6, 6.07) is 0. The molecule has 1 aliphatic rings. The van der Waals surface area contributed by atoms with Crippen LogP contribution in [0.4, 0.5) is 8.78 Å². The zero-order chi connectivity index (χ0) is 9.19. The van der Waals surface area contributed by atoms with Gasteiger partial charge < -0.3 is 9.47 Å². The van der Waals surface area contributed by atoms with Crippen LogP contribution in [0.1, 0.15) is 6.92 Å². The Kier molecular flexibility index (Phi) is 3.38. The molecule has 5 heteroatoms. The third kappa shape index (κ3) is 3.30. The number of alkyl halides is 2. The van der Waals surface area contributed by atoms with E-state index in [-0.39, 0.29) is 12.7 Å². The summed E-state index contributed by atoms with van der Waals surface area (Å²) in [5.41, 5.74) is 0. The van der Waals surface area contributed by atoms with Crippen LogP contribution < -0.4 is 0 Å². The summed E-state index contributed by atoms with van der Waals surface area (Å²) in [4.78, 5) is 0. The molecule has 0 bridgehead atoms. The molecule has 1 fully saturated rings. The molecule has 1 rings (SSSR count). The molecule has 0 aromatic heterocycles. The van der Waals surface area contributed by atoms with Crippen molar-refractivity contribution in [3.05, 3.63) is 0 Å². The molecular formula is C7H13F2O2P. The summed E-state index contributed by atoms with van der Waals surface area (Å²) in [6.07, 6.45) is -1.44. The molecule has 72 valence electrons. The van der Waals surface area contributed by atoms with Crippen LogP contribution in [0.3, 0.4) is 0 Å². The molecule has 0 amide bonds. The van der Waals surface area contributed by atoms with E-state index in [1.54, 1.807) is 0 Å². The van der Waals surface area contributed by atoms with Crippen LogP contribution in [0, 0.1) is 0 Å². The molecule has 1 saturated heterocycles. The number of ether oxygens (including phenoxy) is 2. The molecular weight excluding hydrogens is 185 g/mol. The Bertz CT molecular complexity index is 148. The highest BCUT2D eigenvalue weighted by molar-refractivity contribution is 7.18. The first-order valence-electron chi connectivity index (χ1n) is 3.83. The normalized spacial score (nSPS) is 29.5. The predicted octanol–water partition coefficient (Wildman–Crippen LogP) is 1.30. The molecule has 4 atom stereocenters. The second kappa shape index (κ2) is 3.95. The fourth-order valence-corrected chi connectivity index (χ4v) is 0.744. The minimum Gasteiger partial charge on any atom is -0.375 e. The highest BCUT2D eigenvalue weighted by atomic mass is 31.0. The predicted molar refractivity (Wildman–Crippen MR) is 44.7 cm³/mol. The summed E-state index contributed by atoms with van der Waals surface area (Å²) in [6.45, 7) is 1.95. The Morgan fingerprint density at radius 3 is 2.83 bits per heavy atom. The molecule has 1 heterocycles. The van der Waals surface area contributed by atoms with Crippen molar-refractivity contribution in [3.8, 4) is 0 Å². The first kappa shape index (κ1) is 10.3. The van der Waals surface area contributed by atoms with Gasteiger partial charge in [-0.1, -0.05) is 9.24 Å². The van der Waals surface area contributed by atoms with Crippen molar-refractivity contribution < 1.29 is 18.3 Å². The average molecular weight is 198 g/mol. The van der Waals surface area contributed by atoms with E-state index in [0.717, 1.165) is 0 Å². The third-order valence-electron chi connectivity index (χ3n) is 1.69. The summed E-state index contributed by atoms with van der Waals surface area (Å²) in [5, 5.41) is -1.96. The molecule has 0 aromatic rings. The van der Waals surface area contributed by atoms with E-state index in [9.17, 15) is 8.78 Å². The Balaban J connectivity index is 2.10. The standard InChI is InChI=1S/C7H13F2O2P/c1-5(8)7(9,12)4-10-2-6-3-11-6/h5-6H,2-4,12H2,1H3. The number of hydrogen-bond acceptors (Lipinski definition) is 2. The lowest BCUT2D eigenvalue weighted by Gasteiger charge is -2.20. The van der Waals surface area contributed by atoms with Gasteiger partial charge in [-0.25, -0.2) is 8.78 Å². The maximum atomic E-state index is 13.1. The zero-order valence-electron chi connectivity index (χ0n) is 6.93. The summed E-state index contributed by atoms with van der Waals surface area (Å²) in [5.74, 6) is 0. The van der Waals surface area contributed by atoms with Gasteiger partial charge in [-0.05, 0) is 6.92 Å². The molecule has 0 radical (unpaired) electrons. The lowest BCUT2D eigenvalue weighted by atomic mass is 10.3. The topological polar surface area (TPSA) is 21.8 Å². The van der Waals surface area contributed by atoms with Gasteiger partial charge >= 0.3 is 0 Å². The number of epoxide rings is 1. The van der Waals surface area contributed by atoms with Gasteiger partial charge in [0, 0.05) is 0 Å². The van der Waals surface area contributed by atoms with Crippen LogP contribution >= 0.6 is 9.24 Å². The van der Waals surface area contributed by atoms with E-state index in [4.69, 9.17) is 9.47 Å². The van der Waals surface area contributed by atoms with Crippen molar-refractivity contribution in [2.75, 3.05) is 19.8 Å². The van der Waals surface area contributed by atoms with Crippen molar-refractivity contribution in [2.24, 2.45) is 0 Å². The highest BCUT2D eigenvalue weighted by Gasteiger charge is 2.33. The largest absolute Gasteiger partial charge is 0.375 e. The molecule has 2 nitrogen and oxygen atoms in total. The Labute approximate surface area is 72.8 Å². The Hall–Kier alpha value is 0.210. The maximum Gasteiger partial charge on any atom is 0.177 e. The van der Waals surface area contributed by atoms with Crippen LogP contribution in [0.15, 0.2) is 0 Å². The minimum absolute atomic E-state index is 0.0979. The van der Waals surface area contributed by atoms with E-state index in [1.165, 1.54) is 6.92 Å². The molecule has 12 heavy (non-hydrogen) atoms.